The Labute approximate surface area is 114 Å². The maximum Gasteiger partial charge on any atom is 0.168 e. The molecule has 0 atom stereocenters. The number of nitrogens with zero attached hydrogens (tertiary/aromatic N) is 2. The summed E-state index contributed by atoms with van der Waals surface area (Å²) in [5, 5.41) is 1.89. The Balaban J connectivity index is 0.000000963. The molecule has 3 rings (SSSR count). The number of rotatable bonds is 1. The van der Waals surface area contributed by atoms with E-state index in [2.05, 4.69) is 15.7 Å². The average molecular weight is 317 g/mol. The molecule has 0 spiro atoms. The lowest BCUT2D eigenvalue weighted by Gasteiger charge is -1.96. The maximum absolute atomic E-state index is 5.84. The molecule has 0 unspecified atom stereocenters. The van der Waals surface area contributed by atoms with Crippen LogP contribution >= 0.6 is 23.4 Å². The van der Waals surface area contributed by atoms with Gasteiger partial charge in [0.25, 0.3) is 0 Å². The fourth-order valence-electron chi connectivity index (χ4n) is 1.67. The molecule has 1 aromatic heterocycles. The molecule has 5 heteroatoms. The summed E-state index contributed by atoms with van der Waals surface area (Å²) >= 11 is 7.66. The predicted octanol–water partition coefficient (Wildman–Crippen LogP) is 0.313. The zero-order valence-electron chi connectivity index (χ0n) is 8.36. The minimum Gasteiger partial charge on any atom is -1.00 e. The summed E-state index contributed by atoms with van der Waals surface area (Å²) in [6.07, 6.45) is 2.11. The molecule has 0 amide bonds. The third-order valence-corrected chi connectivity index (χ3v) is 3.67. The minimum absolute atomic E-state index is 0. The lowest BCUT2D eigenvalue weighted by Crippen LogP contribution is -3.00. The van der Waals surface area contributed by atoms with E-state index in [1.807, 2.05) is 36.0 Å². The number of thioether (sulfide) groups is 1. The predicted molar refractivity (Wildman–Crippen MR) is 63.4 cm³/mol. The van der Waals surface area contributed by atoms with E-state index in [1.165, 1.54) is 0 Å². The van der Waals surface area contributed by atoms with E-state index in [9.17, 15) is 0 Å². The van der Waals surface area contributed by atoms with Crippen molar-refractivity contribution in [1.82, 2.24) is 9.55 Å². The largest absolute Gasteiger partial charge is 1.00 e. The molecule has 16 heavy (non-hydrogen) atoms. The molecule has 0 bridgehead atoms. The first-order chi connectivity index (χ1) is 7.33. The number of benzene rings is 1. The topological polar surface area (TPSA) is 17.8 Å². The van der Waals surface area contributed by atoms with Gasteiger partial charge in [0.1, 0.15) is 0 Å². The summed E-state index contributed by atoms with van der Waals surface area (Å²) in [5.74, 6) is 1.14. The van der Waals surface area contributed by atoms with Crippen LogP contribution in [0.25, 0.3) is 11.3 Å². The summed E-state index contributed by atoms with van der Waals surface area (Å²) < 4.78 is 2.20. The number of hydrogen-bond donors (Lipinski definition) is 0. The Morgan fingerprint density at radius 1 is 1.25 bits per heavy atom. The van der Waals surface area contributed by atoms with Crippen LogP contribution < -0.4 is 17.0 Å². The van der Waals surface area contributed by atoms with Crippen LogP contribution in [0.2, 0.25) is 5.02 Å². The van der Waals surface area contributed by atoms with Crippen LogP contribution in [0.3, 0.4) is 0 Å². The van der Waals surface area contributed by atoms with Gasteiger partial charge >= 0.3 is 0 Å². The van der Waals surface area contributed by atoms with E-state index in [4.69, 9.17) is 11.6 Å². The molecule has 0 saturated heterocycles. The molecule has 2 nitrogen and oxygen atoms in total. The van der Waals surface area contributed by atoms with Crippen LogP contribution in [0, 0.1) is 0 Å². The molecule has 0 saturated carbocycles. The Morgan fingerprint density at radius 2 is 2.00 bits per heavy atom. The van der Waals surface area contributed by atoms with Crippen molar-refractivity contribution in [3.8, 4) is 11.3 Å². The van der Waals surface area contributed by atoms with E-state index in [0.29, 0.717) is 0 Å². The normalized spacial score (nSPS) is 13.3. The standard InChI is InChI=1S/C11H9ClN2S.BrH/c12-9-3-1-8(2-4-9)10-7-14-5-6-15-11(14)13-10;/h1-4,7H,5-6H2;1H/p-1. The Hall–Kier alpha value is -0.450. The Bertz CT molecular complexity index is 474. The summed E-state index contributed by atoms with van der Waals surface area (Å²) in [6, 6.07) is 7.80. The number of hydrogen-bond acceptors (Lipinski definition) is 2. The van der Waals surface area contributed by atoms with E-state index in [0.717, 1.165) is 33.7 Å². The number of aromatic nitrogens is 2. The summed E-state index contributed by atoms with van der Waals surface area (Å²) in [5.41, 5.74) is 2.16. The van der Waals surface area contributed by atoms with E-state index >= 15 is 0 Å². The molecule has 2 heterocycles. The van der Waals surface area contributed by atoms with Crippen molar-refractivity contribution >= 4 is 23.4 Å². The van der Waals surface area contributed by atoms with Crippen molar-refractivity contribution in [2.45, 2.75) is 11.7 Å². The molecular formula is C11H9BrClN2S-. The van der Waals surface area contributed by atoms with Crippen LogP contribution in [0.4, 0.5) is 0 Å². The molecule has 84 valence electrons. The highest BCUT2D eigenvalue weighted by atomic mass is 79.9. The van der Waals surface area contributed by atoms with Crippen LogP contribution in [-0.4, -0.2) is 15.3 Å². The van der Waals surface area contributed by atoms with Gasteiger partial charge in [-0.3, -0.25) is 0 Å². The van der Waals surface area contributed by atoms with Gasteiger partial charge in [0.15, 0.2) is 5.16 Å². The SMILES string of the molecule is Clc1ccc(-c2cn3c(n2)SCC3)cc1.[Br-]. The summed E-state index contributed by atoms with van der Waals surface area (Å²) in [7, 11) is 0. The molecule has 2 aromatic rings. The van der Waals surface area contributed by atoms with Gasteiger partial charge in [0.05, 0.1) is 5.69 Å². The van der Waals surface area contributed by atoms with Gasteiger partial charge in [-0.25, -0.2) is 4.98 Å². The first-order valence-corrected chi connectivity index (χ1v) is 6.15. The van der Waals surface area contributed by atoms with Gasteiger partial charge in [-0.1, -0.05) is 35.5 Å². The maximum atomic E-state index is 5.84. The lowest BCUT2D eigenvalue weighted by atomic mass is 10.2. The molecule has 0 aliphatic carbocycles. The monoisotopic (exact) mass is 315 g/mol. The van der Waals surface area contributed by atoms with Crippen LogP contribution in [0.15, 0.2) is 35.6 Å². The Kier molecular flexibility index (Phi) is 3.62. The number of fused-ring (bicyclic) bond motifs is 1. The molecule has 0 radical (unpaired) electrons. The highest BCUT2D eigenvalue weighted by molar-refractivity contribution is 7.99. The van der Waals surface area contributed by atoms with Crippen LogP contribution in [0.1, 0.15) is 0 Å². The average Bonchev–Trinajstić information content (AvgIpc) is 2.78. The van der Waals surface area contributed by atoms with Crippen LogP contribution in [-0.2, 0) is 6.54 Å². The smallest absolute Gasteiger partial charge is 0.168 e. The van der Waals surface area contributed by atoms with Gasteiger partial charge in [-0.15, -0.1) is 0 Å². The highest BCUT2D eigenvalue weighted by Gasteiger charge is 2.14. The third kappa shape index (κ3) is 2.14. The summed E-state index contributed by atoms with van der Waals surface area (Å²) in [4.78, 5) is 4.57. The second kappa shape index (κ2) is 4.82. The van der Waals surface area contributed by atoms with Crippen molar-refractivity contribution in [2.75, 3.05) is 5.75 Å². The van der Waals surface area contributed by atoms with Crippen LogP contribution in [0.5, 0.6) is 0 Å². The zero-order valence-corrected chi connectivity index (χ0v) is 11.5. The molecule has 0 fully saturated rings. The molecule has 1 aliphatic rings. The molecule has 0 N–H and O–H groups in total. The van der Waals surface area contributed by atoms with Crippen molar-refractivity contribution in [1.29, 1.82) is 0 Å². The van der Waals surface area contributed by atoms with Gasteiger partial charge in [-0.2, -0.15) is 0 Å². The van der Waals surface area contributed by atoms with Crippen molar-refractivity contribution in [3.05, 3.63) is 35.5 Å². The van der Waals surface area contributed by atoms with E-state index in [-0.39, 0.29) is 17.0 Å². The van der Waals surface area contributed by atoms with Gasteiger partial charge in [0.2, 0.25) is 0 Å². The van der Waals surface area contributed by atoms with E-state index < -0.39 is 0 Å². The van der Waals surface area contributed by atoms with Crippen molar-refractivity contribution in [3.63, 3.8) is 0 Å². The molecule has 1 aromatic carbocycles. The quantitative estimate of drug-likeness (QED) is 0.754. The van der Waals surface area contributed by atoms with Gasteiger partial charge < -0.3 is 21.5 Å². The fourth-order valence-corrected chi connectivity index (χ4v) is 2.74. The van der Waals surface area contributed by atoms with Crippen molar-refractivity contribution < 1.29 is 17.0 Å². The first kappa shape index (κ1) is 12.0. The molecule has 1 aliphatic heterocycles. The van der Waals surface area contributed by atoms with E-state index in [1.54, 1.807) is 0 Å². The first-order valence-electron chi connectivity index (χ1n) is 4.79. The highest BCUT2D eigenvalue weighted by Crippen LogP contribution is 2.29. The third-order valence-electron chi connectivity index (χ3n) is 2.44. The number of halogens is 2. The number of imidazole rings is 1. The second-order valence-electron chi connectivity index (χ2n) is 3.46. The second-order valence-corrected chi connectivity index (χ2v) is 4.96. The fraction of sp³-hybridized carbons (Fsp3) is 0.182. The molecular weight excluding hydrogens is 308 g/mol. The minimum atomic E-state index is 0. The van der Waals surface area contributed by atoms with Gasteiger partial charge in [0, 0.05) is 29.1 Å². The lowest BCUT2D eigenvalue weighted by molar-refractivity contribution is -0.00000288. The van der Waals surface area contributed by atoms with Crippen molar-refractivity contribution in [2.24, 2.45) is 0 Å². The number of aryl methyl sites for hydroxylation is 1. The zero-order chi connectivity index (χ0) is 10.3. The Morgan fingerprint density at radius 3 is 2.69 bits per heavy atom. The summed E-state index contributed by atoms with van der Waals surface area (Å²) in [6.45, 7) is 1.07. The van der Waals surface area contributed by atoms with Gasteiger partial charge in [-0.05, 0) is 12.1 Å².